The molecule has 5 heteroatoms. The lowest BCUT2D eigenvalue weighted by molar-refractivity contribution is -0.132. The van der Waals surface area contributed by atoms with E-state index >= 15 is 0 Å². The number of amides is 3. The molecule has 0 atom stereocenters. The van der Waals surface area contributed by atoms with E-state index in [2.05, 4.69) is 17.9 Å². The molecule has 0 unspecified atom stereocenters. The Hall–Kier alpha value is -0.710. The van der Waals surface area contributed by atoms with Crippen LogP contribution in [-0.2, 0) is 4.79 Å². The molecular weight excluding hydrogens is 212 g/mol. The van der Waals surface area contributed by atoms with Crippen molar-refractivity contribution in [2.45, 2.75) is 37.6 Å². The molecule has 2 fully saturated rings. The van der Waals surface area contributed by atoms with Gasteiger partial charge in [0.05, 0.1) is 0 Å². The average molecular weight is 228 g/mol. The Morgan fingerprint density at radius 2 is 1.93 bits per heavy atom. The van der Waals surface area contributed by atoms with Crippen LogP contribution in [0.5, 0.6) is 0 Å². The first-order valence-corrected chi connectivity index (χ1v) is 6.08. The van der Waals surface area contributed by atoms with Gasteiger partial charge in [0.2, 0.25) is 0 Å². The highest BCUT2D eigenvalue weighted by Gasteiger charge is 2.50. The van der Waals surface area contributed by atoms with Gasteiger partial charge in [0, 0.05) is 12.3 Å². The normalized spacial score (nSPS) is 24.7. The minimum absolute atomic E-state index is 0.0405. The van der Waals surface area contributed by atoms with E-state index in [1.54, 1.807) is 0 Å². The molecule has 1 heterocycles. The van der Waals surface area contributed by atoms with Gasteiger partial charge in [-0.1, -0.05) is 19.3 Å². The summed E-state index contributed by atoms with van der Waals surface area (Å²) in [6.45, 7) is 0.412. The fourth-order valence-electron chi connectivity index (χ4n) is 2.47. The molecule has 15 heavy (non-hydrogen) atoms. The summed E-state index contributed by atoms with van der Waals surface area (Å²) < 4.78 is 0. The zero-order valence-electron chi connectivity index (χ0n) is 8.66. The predicted molar refractivity (Wildman–Crippen MR) is 59.9 cm³/mol. The number of urea groups is 1. The molecule has 1 spiro atoms. The third kappa shape index (κ3) is 1.73. The maximum atomic E-state index is 12.1. The predicted octanol–water partition coefficient (Wildman–Crippen LogP) is 1.17. The van der Waals surface area contributed by atoms with E-state index in [0.29, 0.717) is 12.3 Å². The van der Waals surface area contributed by atoms with Gasteiger partial charge < -0.3 is 5.32 Å². The van der Waals surface area contributed by atoms with Crippen LogP contribution in [-0.4, -0.2) is 34.7 Å². The average Bonchev–Trinajstić information content (AvgIpc) is 2.45. The van der Waals surface area contributed by atoms with Crippen molar-refractivity contribution in [1.82, 2.24) is 10.2 Å². The second-order valence-corrected chi connectivity index (χ2v) is 4.70. The zero-order chi connectivity index (χ0) is 10.9. The van der Waals surface area contributed by atoms with E-state index in [0.717, 1.165) is 32.1 Å². The Bertz CT molecular complexity index is 287. The Balaban J connectivity index is 2.15. The Morgan fingerprint density at radius 1 is 1.27 bits per heavy atom. The second kappa shape index (κ2) is 4.04. The summed E-state index contributed by atoms with van der Waals surface area (Å²) in [5.74, 6) is 0.483. The van der Waals surface area contributed by atoms with Crippen molar-refractivity contribution >= 4 is 24.6 Å². The number of nitrogens with one attached hydrogen (secondary N) is 1. The minimum atomic E-state index is -0.571. The van der Waals surface area contributed by atoms with Crippen LogP contribution in [0.25, 0.3) is 0 Å². The molecule has 1 saturated carbocycles. The number of thiol groups is 1. The fourth-order valence-corrected chi connectivity index (χ4v) is 2.67. The van der Waals surface area contributed by atoms with Gasteiger partial charge in [-0.25, -0.2) is 4.79 Å². The summed E-state index contributed by atoms with van der Waals surface area (Å²) in [5, 5.41) is 2.86. The van der Waals surface area contributed by atoms with E-state index < -0.39 is 5.54 Å². The van der Waals surface area contributed by atoms with E-state index in [1.807, 2.05) is 0 Å². The van der Waals surface area contributed by atoms with Crippen LogP contribution in [0.4, 0.5) is 4.79 Å². The monoisotopic (exact) mass is 228 g/mol. The van der Waals surface area contributed by atoms with Crippen LogP contribution in [0.2, 0.25) is 0 Å². The maximum absolute atomic E-state index is 12.1. The van der Waals surface area contributed by atoms with E-state index in [-0.39, 0.29) is 11.9 Å². The molecule has 0 bridgehead atoms. The van der Waals surface area contributed by atoms with Gasteiger partial charge in [0.15, 0.2) is 0 Å². The van der Waals surface area contributed by atoms with Crippen molar-refractivity contribution in [3.63, 3.8) is 0 Å². The Morgan fingerprint density at radius 3 is 2.53 bits per heavy atom. The van der Waals surface area contributed by atoms with Crippen LogP contribution in [0.15, 0.2) is 0 Å². The van der Waals surface area contributed by atoms with Crippen molar-refractivity contribution in [3.8, 4) is 0 Å². The molecule has 1 saturated heterocycles. The highest BCUT2D eigenvalue weighted by Crippen LogP contribution is 2.33. The second-order valence-electron chi connectivity index (χ2n) is 4.25. The van der Waals surface area contributed by atoms with Gasteiger partial charge >= 0.3 is 6.03 Å². The first-order valence-electron chi connectivity index (χ1n) is 5.45. The maximum Gasteiger partial charge on any atom is 0.325 e. The lowest BCUT2D eigenvalue weighted by Crippen LogP contribution is -2.48. The Kier molecular flexibility index (Phi) is 2.91. The van der Waals surface area contributed by atoms with Crippen molar-refractivity contribution in [1.29, 1.82) is 0 Å². The van der Waals surface area contributed by atoms with Crippen molar-refractivity contribution in [2.24, 2.45) is 0 Å². The molecule has 1 aliphatic carbocycles. The molecule has 2 rings (SSSR count). The Labute approximate surface area is 94.8 Å². The molecule has 0 aromatic heterocycles. The van der Waals surface area contributed by atoms with Gasteiger partial charge in [-0.05, 0) is 12.8 Å². The molecule has 3 amide bonds. The van der Waals surface area contributed by atoms with E-state index in [9.17, 15) is 9.59 Å². The third-order valence-electron chi connectivity index (χ3n) is 3.28. The summed E-state index contributed by atoms with van der Waals surface area (Å²) in [5.41, 5.74) is -0.571. The SMILES string of the molecule is O=C1NC2(CCCCC2)C(=O)N1CCS. The van der Waals surface area contributed by atoms with Gasteiger partial charge in [0.25, 0.3) is 5.91 Å². The summed E-state index contributed by atoms with van der Waals surface area (Å²) in [4.78, 5) is 25.0. The van der Waals surface area contributed by atoms with Gasteiger partial charge in [-0.2, -0.15) is 12.6 Å². The smallest absolute Gasteiger partial charge is 0.323 e. The minimum Gasteiger partial charge on any atom is -0.323 e. The topological polar surface area (TPSA) is 49.4 Å². The summed E-state index contributed by atoms with van der Waals surface area (Å²) in [6.07, 6.45) is 4.81. The number of hydrogen-bond donors (Lipinski definition) is 2. The largest absolute Gasteiger partial charge is 0.325 e. The first kappa shape index (κ1) is 10.8. The van der Waals surface area contributed by atoms with Gasteiger partial charge in [0.1, 0.15) is 5.54 Å². The van der Waals surface area contributed by atoms with E-state index in [4.69, 9.17) is 0 Å². The van der Waals surface area contributed by atoms with Gasteiger partial charge in [-0.3, -0.25) is 9.69 Å². The van der Waals surface area contributed by atoms with Crippen molar-refractivity contribution < 1.29 is 9.59 Å². The lowest BCUT2D eigenvalue weighted by atomic mass is 9.82. The first-order chi connectivity index (χ1) is 7.19. The number of carbonyl (C=O) groups is 2. The van der Waals surface area contributed by atoms with Gasteiger partial charge in [-0.15, -0.1) is 0 Å². The number of carbonyl (C=O) groups excluding carboxylic acids is 2. The molecule has 1 N–H and O–H groups in total. The summed E-state index contributed by atoms with van der Waals surface area (Å²) in [6, 6.07) is -0.240. The zero-order valence-corrected chi connectivity index (χ0v) is 9.56. The highest BCUT2D eigenvalue weighted by atomic mass is 32.1. The fraction of sp³-hybridized carbons (Fsp3) is 0.800. The molecule has 0 aromatic rings. The van der Waals surface area contributed by atoms with Crippen LogP contribution in [0.3, 0.4) is 0 Å². The quantitative estimate of drug-likeness (QED) is 0.550. The molecule has 0 radical (unpaired) electrons. The standard InChI is InChI=1S/C10H16N2O2S/c13-8-10(4-2-1-3-5-10)11-9(14)12(8)6-7-15/h15H,1-7H2,(H,11,14). The van der Waals surface area contributed by atoms with Crippen LogP contribution in [0.1, 0.15) is 32.1 Å². The number of imide groups is 1. The van der Waals surface area contributed by atoms with Crippen LogP contribution in [0, 0.1) is 0 Å². The molecule has 2 aliphatic rings. The molecule has 1 aliphatic heterocycles. The lowest BCUT2D eigenvalue weighted by Gasteiger charge is -2.30. The summed E-state index contributed by atoms with van der Waals surface area (Å²) in [7, 11) is 0. The molecule has 84 valence electrons. The van der Waals surface area contributed by atoms with Crippen LogP contribution >= 0.6 is 12.6 Å². The molecule has 0 aromatic carbocycles. The van der Waals surface area contributed by atoms with Crippen molar-refractivity contribution in [2.75, 3.05) is 12.3 Å². The number of rotatable bonds is 2. The highest BCUT2D eigenvalue weighted by molar-refractivity contribution is 7.80. The number of nitrogens with zero attached hydrogens (tertiary/aromatic N) is 1. The molecular formula is C10H16N2O2S. The number of hydrogen-bond acceptors (Lipinski definition) is 3. The molecule has 4 nitrogen and oxygen atoms in total. The third-order valence-corrected chi connectivity index (χ3v) is 3.48. The summed E-state index contributed by atoms with van der Waals surface area (Å²) >= 11 is 4.06. The van der Waals surface area contributed by atoms with Crippen molar-refractivity contribution in [3.05, 3.63) is 0 Å². The van der Waals surface area contributed by atoms with Crippen LogP contribution < -0.4 is 5.32 Å². The van der Waals surface area contributed by atoms with E-state index in [1.165, 1.54) is 4.90 Å².